The highest BCUT2D eigenvalue weighted by atomic mass is 32.2. The van der Waals surface area contributed by atoms with Gasteiger partial charge < -0.3 is 5.11 Å². The molecule has 19 heavy (non-hydrogen) atoms. The lowest BCUT2D eigenvalue weighted by molar-refractivity contribution is -0.385. The van der Waals surface area contributed by atoms with Crippen LogP contribution in [-0.2, 0) is 10.0 Å². The number of unbranched alkanes of at least 4 members (excludes halogenated alkanes) is 1. The van der Waals surface area contributed by atoms with Gasteiger partial charge in [-0.2, -0.15) is 0 Å². The van der Waals surface area contributed by atoms with Gasteiger partial charge in [0, 0.05) is 24.8 Å². The maximum atomic E-state index is 12.0. The summed E-state index contributed by atoms with van der Waals surface area (Å²) in [6.07, 6.45) is 1.00. The third-order valence-corrected chi connectivity index (χ3v) is 4.22. The predicted molar refractivity (Wildman–Crippen MR) is 69.3 cm³/mol. The number of aliphatic hydroxyl groups is 1. The lowest BCUT2D eigenvalue weighted by atomic mass is 10.2. The number of nitro benzene ring substituents is 1. The lowest BCUT2D eigenvalue weighted by Crippen LogP contribution is -2.25. The van der Waals surface area contributed by atoms with Gasteiger partial charge in [-0.15, -0.1) is 0 Å². The molecule has 0 spiro atoms. The normalized spacial score (nSPS) is 11.5. The molecule has 0 radical (unpaired) electrons. The molecule has 0 unspecified atom stereocenters. The maximum Gasteiger partial charge on any atom is 0.273 e. The summed E-state index contributed by atoms with van der Waals surface area (Å²) in [6.45, 7) is 1.59. The predicted octanol–water partition coefficient (Wildman–Crippen LogP) is 0.954. The highest BCUT2D eigenvalue weighted by Gasteiger charge is 2.22. The fourth-order valence-electron chi connectivity index (χ4n) is 1.61. The Bertz CT molecular complexity index is 556. The Balaban J connectivity index is 2.96. The van der Waals surface area contributed by atoms with E-state index < -0.39 is 14.9 Å². The van der Waals surface area contributed by atoms with Crippen LogP contribution in [0.2, 0.25) is 0 Å². The molecule has 0 saturated heterocycles. The van der Waals surface area contributed by atoms with E-state index in [9.17, 15) is 18.5 Å². The summed E-state index contributed by atoms with van der Waals surface area (Å²) in [6, 6.07) is 3.93. The average molecular weight is 288 g/mol. The van der Waals surface area contributed by atoms with Crippen molar-refractivity contribution >= 4 is 15.7 Å². The standard InChI is InChI=1S/C11H16N2O5S/c1-9-10(13(15)16)5-4-6-11(9)19(17,18)12-7-2-3-8-14/h4-6,12,14H,2-3,7-8H2,1H3. The van der Waals surface area contributed by atoms with Crippen molar-refractivity contribution in [2.24, 2.45) is 0 Å². The van der Waals surface area contributed by atoms with Crippen molar-refractivity contribution in [3.8, 4) is 0 Å². The Morgan fingerprint density at radius 3 is 2.63 bits per heavy atom. The molecular formula is C11H16N2O5S. The summed E-state index contributed by atoms with van der Waals surface area (Å²) in [5.41, 5.74) is -0.111. The Labute approximate surface area is 111 Å². The van der Waals surface area contributed by atoms with Crippen LogP contribution in [0.3, 0.4) is 0 Å². The second-order valence-corrected chi connectivity index (χ2v) is 5.72. The summed E-state index contributed by atoms with van der Waals surface area (Å²) in [5.74, 6) is 0. The van der Waals surface area contributed by atoms with Gasteiger partial charge in [0.1, 0.15) is 0 Å². The summed E-state index contributed by atoms with van der Waals surface area (Å²) in [4.78, 5) is 10.1. The summed E-state index contributed by atoms with van der Waals surface area (Å²) in [7, 11) is -3.76. The Hall–Kier alpha value is -1.51. The number of hydrogen-bond donors (Lipinski definition) is 2. The van der Waals surface area contributed by atoms with Crippen LogP contribution in [0, 0.1) is 17.0 Å². The molecule has 0 fully saturated rings. The number of nitro groups is 1. The average Bonchev–Trinajstić information content (AvgIpc) is 2.34. The van der Waals surface area contributed by atoms with Crippen LogP contribution < -0.4 is 4.72 Å². The van der Waals surface area contributed by atoms with Gasteiger partial charge in [0.2, 0.25) is 10.0 Å². The molecule has 7 nitrogen and oxygen atoms in total. The van der Waals surface area contributed by atoms with E-state index in [4.69, 9.17) is 5.11 Å². The summed E-state index contributed by atoms with van der Waals surface area (Å²) < 4.78 is 26.3. The summed E-state index contributed by atoms with van der Waals surface area (Å²) >= 11 is 0. The number of benzene rings is 1. The first-order valence-corrected chi connectivity index (χ1v) is 7.23. The monoisotopic (exact) mass is 288 g/mol. The first kappa shape index (κ1) is 15.5. The van der Waals surface area contributed by atoms with Crippen LogP contribution in [0.15, 0.2) is 23.1 Å². The fourth-order valence-corrected chi connectivity index (χ4v) is 2.95. The van der Waals surface area contributed by atoms with E-state index in [1.54, 1.807) is 0 Å². The van der Waals surface area contributed by atoms with Crippen LogP contribution in [0.4, 0.5) is 5.69 Å². The van der Waals surface area contributed by atoms with Crippen molar-refractivity contribution in [2.45, 2.75) is 24.7 Å². The van der Waals surface area contributed by atoms with E-state index in [-0.39, 0.29) is 29.3 Å². The fraction of sp³-hybridized carbons (Fsp3) is 0.455. The van der Waals surface area contributed by atoms with Crippen LogP contribution >= 0.6 is 0 Å². The number of aliphatic hydroxyl groups excluding tert-OH is 1. The number of nitrogens with zero attached hydrogens (tertiary/aromatic N) is 1. The van der Waals surface area contributed by atoms with Gasteiger partial charge in [-0.1, -0.05) is 6.07 Å². The third-order valence-electron chi connectivity index (χ3n) is 2.62. The molecule has 0 aliphatic heterocycles. The molecule has 2 N–H and O–H groups in total. The largest absolute Gasteiger partial charge is 0.396 e. The SMILES string of the molecule is Cc1c([N+](=O)[O-])cccc1S(=O)(=O)NCCCCO. The van der Waals surface area contributed by atoms with E-state index in [0.717, 1.165) is 0 Å². The molecule has 0 bridgehead atoms. The number of nitrogens with one attached hydrogen (secondary N) is 1. The Kier molecular flexibility index (Phi) is 5.40. The minimum Gasteiger partial charge on any atom is -0.396 e. The van der Waals surface area contributed by atoms with Crippen molar-refractivity contribution < 1.29 is 18.4 Å². The highest BCUT2D eigenvalue weighted by Crippen LogP contribution is 2.24. The molecular weight excluding hydrogens is 272 g/mol. The smallest absolute Gasteiger partial charge is 0.273 e. The molecule has 0 aliphatic carbocycles. The van der Waals surface area contributed by atoms with E-state index >= 15 is 0 Å². The molecule has 1 aromatic rings. The van der Waals surface area contributed by atoms with Gasteiger partial charge in [0.05, 0.1) is 9.82 Å². The zero-order chi connectivity index (χ0) is 14.5. The molecule has 1 aromatic carbocycles. The van der Waals surface area contributed by atoms with Crippen LogP contribution in [-0.4, -0.2) is 31.6 Å². The second-order valence-electron chi connectivity index (χ2n) is 3.99. The minimum atomic E-state index is -3.76. The van der Waals surface area contributed by atoms with Crippen LogP contribution in [0.25, 0.3) is 0 Å². The van der Waals surface area contributed by atoms with Crippen LogP contribution in [0.1, 0.15) is 18.4 Å². The molecule has 0 heterocycles. The topological polar surface area (TPSA) is 110 Å². The second kappa shape index (κ2) is 6.60. The zero-order valence-electron chi connectivity index (χ0n) is 10.5. The molecule has 0 amide bonds. The third kappa shape index (κ3) is 3.98. The molecule has 1 rings (SSSR count). The van der Waals surface area contributed by atoms with Crippen molar-refractivity contribution in [1.29, 1.82) is 0 Å². The van der Waals surface area contributed by atoms with Gasteiger partial charge in [0.25, 0.3) is 5.69 Å². The van der Waals surface area contributed by atoms with Gasteiger partial charge >= 0.3 is 0 Å². The van der Waals surface area contributed by atoms with E-state index in [0.29, 0.717) is 12.8 Å². The van der Waals surface area contributed by atoms with Crippen molar-refractivity contribution in [3.63, 3.8) is 0 Å². The Morgan fingerprint density at radius 2 is 2.05 bits per heavy atom. The van der Waals surface area contributed by atoms with Crippen molar-refractivity contribution in [1.82, 2.24) is 4.72 Å². The molecule has 0 aliphatic rings. The van der Waals surface area contributed by atoms with E-state index in [1.807, 2.05) is 0 Å². The molecule has 8 heteroatoms. The quantitative estimate of drug-likeness (QED) is 0.441. The van der Waals surface area contributed by atoms with Crippen LogP contribution in [0.5, 0.6) is 0 Å². The molecule has 0 saturated carbocycles. The van der Waals surface area contributed by atoms with E-state index in [1.165, 1.54) is 25.1 Å². The van der Waals surface area contributed by atoms with Gasteiger partial charge in [0.15, 0.2) is 0 Å². The number of sulfonamides is 1. The van der Waals surface area contributed by atoms with Gasteiger partial charge in [-0.05, 0) is 25.8 Å². The number of rotatable bonds is 7. The van der Waals surface area contributed by atoms with Crippen molar-refractivity contribution in [3.05, 3.63) is 33.9 Å². The maximum absolute atomic E-state index is 12.0. The molecule has 0 aromatic heterocycles. The Morgan fingerprint density at radius 1 is 1.37 bits per heavy atom. The lowest BCUT2D eigenvalue weighted by Gasteiger charge is -2.09. The number of hydrogen-bond acceptors (Lipinski definition) is 5. The molecule has 106 valence electrons. The highest BCUT2D eigenvalue weighted by molar-refractivity contribution is 7.89. The van der Waals surface area contributed by atoms with Crippen molar-refractivity contribution in [2.75, 3.05) is 13.2 Å². The summed E-state index contributed by atoms with van der Waals surface area (Å²) in [5, 5.41) is 19.4. The van der Waals surface area contributed by atoms with Gasteiger partial charge in [-0.3, -0.25) is 10.1 Å². The first-order chi connectivity index (χ1) is 8.90. The first-order valence-electron chi connectivity index (χ1n) is 5.74. The minimum absolute atomic E-state index is 0.00242. The van der Waals surface area contributed by atoms with Gasteiger partial charge in [-0.25, -0.2) is 13.1 Å². The molecule has 0 atom stereocenters. The van der Waals surface area contributed by atoms with E-state index in [2.05, 4.69) is 4.72 Å². The zero-order valence-corrected chi connectivity index (χ0v) is 11.3.